The molecule has 10 nitrogen and oxygen atoms in total. The highest BCUT2D eigenvalue weighted by molar-refractivity contribution is 6.05. The number of nitrogens with one attached hydrogen (secondary N) is 3. The highest BCUT2D eigenvalue weighted by Gasteiger charge is 2.38. The number of alkyl halides is 3. The molecule has 0 radical (unpaired) electrons. The van der Waals surface area contributed by atoms with Gasteiger partial charge in [0.05, 0.1) is 41.9 Å². The Labute approximate surface area is 230 Å². The first-order chi connectivity index (χ1) is 19.5. The van der Waals surface area contributed by atoms with Crippen molar-refractivity contribution >= 4 is 40.1 Å². The van der Waals surface area contributed by atoms with Gasteiger partial charge in [0.25, 0.3) is 5.91 Å². The van der Waals surface area contributed by atoms with Crippen LogP contribution in [-0.4, -0.2) is 49.0 Å². The number of aromatic nitrogens is 4. The third kappa shape index (κ3) is 7.79. The summed E-state index contributed by atoms with van der Waals surface area (Å²) in [5.74, 6) is -3.11. The number of carbonyl (C=O) groups is 3. The van der Waals surface area contributed by atoms with Crippen LogP contribution in [0.2, 0.25) is 0 Å². The standard InChI is InChI=1S/C26H22N6O2.C2HF3O2/c1-17-4-2-5-18(10-17)11-25(33)29-22-15-28-32(16-22)23-7-3-6-19(13-23)26(34)30-21-8-9-24-20(12-21)14-27-31-24;3-2(4,5)1(6)7/h2-10,12-16H,11H2,1H3,(H,27,31)(H,29,33)(H,30,34);(H,6,7). The first-order valence-electron chi connectivity index (χ1n) is 12.0. The number of hydrogen-bond acceptors (Lipinski definition) is 5. The topological polar surface area (TPSA) is 142 Å². The summed E-state index contributed by atoms with van der Waals surface area (Å²) in [6.07, 6.45) is 0.215. The molecule has 5 aromatic rings. The van der Waals surface area contributed by atoms with E-state index in [-0.39, 0.29) is 18.2 Å². The molecule has 5 rings (SSSR count). The van der Waals surface area contributed by atoms with Crippen LogP contribution in [0.5, 0.6) is 0 Å². The SMILES string of the molecule is Cc1cccc(CC(=O)Nc2cnn(-c3cccc(C(=O)Nc4ccc5[nH]ncc5c4)c3)c2)c1.O=C(O)C(F)(F)F. The average Bonchev–Trinajstić information content (AvgIpc) is 3.58. The van der Waals surface area contributed by atoms with E-state index in [1.54, 1.807) is 41.5 Å². The Kier molecular flexibility index (Phi) is 8.46. The molecular formula is C28H23F3N6O4. The zero-order valence-corrected chi connectivity index (χ0v) is 21.4. The zero-order chi connectivity index (χ0) is 29.6. The normalized spacial score (nSPS) is 10.9. The molecule has 2 amide bonds. The average molecular weight is 565 g/mol. The fraction of sp³-hybridized carbons (Fsp3) is 0.107. The molecule has 0 atom stereocenters. The smallest absolute Gasteiger partial charge is 0.475 e. The quantitative estimate of drug-likeness (QED) is 0.225. The molecule has 0 aliphatic carbocycles. The summed E-state index contributed by atoms with van der Waals surface area (Å²) in [5.41, 5.74) is 5.44. The third-order valence-electron chi connectivity index (χ3n) is 5.63. The summed E-state index contributed by atoms with van der Waals surface area (Å²) in [5, 5.41) is 25.0. The number of benzene rings is 3. The van der Waals surface area contributed by atoms with Crippen molar-refractivity contribution < 1.29 is 32.7 Å². The molecule has 0 saturated carbocycles. The Balaban J connectivity index is 0.000000493. The number of carbonyl (C=O) groups excluding carboxylic acids is 2. The molecule has 4 N–H and O–H groups in total. The van der Waals surface area contributed by atoms with Crippen molar-refractivity contribution in [2.45, 2.75) is 19.5 Å². The number of H-pyrrole nitrogens is 1. The molecule has 13 heteroatoms. The number of aliphatic carboxylic acids is 1. The van der Waals surface area contributed by atoms with Crippen molar-refractivity contribution in [1.82, 2.24) is 20.0 Å². The van der Waals surface area contributed by atoms with Crippen molar-refractivity contribution in [1.29, 1.82) is 0 Å². The summed E-state index contributed by atoms with van der Waals surface area (Å²) in [4.78, 5) is 34.1. The maximum Gasteiger partial charge on any atom is 0.490 e. The number of carboxylic acid groups (broad SMARTS) is 1. The van der Waals surface area contributed by atoms with E-state index in [0.717, 1.165) is 22.0 Å². The highest BCUT2D eigenvalue weighted by Crippen LogP contribution is 2.19. The van der Waals surface area contributed by atoms with Gasteiger partial charge in [-0.25, -0.2) is 9.48 Å². The molecule has 0 bridgehead atoms. The number of hydrogen-bond donors (Lipinski definition) is 4. The molecule has 0 aliphatic rings. The molecule has 3 aromatic carbocycles. The van der Waals surface area contributed by atoms with Crippen molar-refractivity contribution in [2.24, 2.45) is 0 Å². The number of aromatic amines is 1. The van der Waals surface area contributed by atoms with Gasteiger partial charge >= 0.3 is 12.1 Å². The predicted octanol–water partition coefficient (Wildman–Crippen LogP) is 5.12. The van der Waals surface area contributed by atoms with E-state index in [1.807, 2.05) is 55.5 Å². The molecule has 0 aliphatic heterocycles. The molecule has 2 heterocycles. The van der Waals surface area contributed by atoms with E-state index in [9.17, 15) is 22.8 Å². The van der Waals surface area contributed by atoms with Crippen LogP contribution in [0.15, 0.2) is 85.3 Å². The van der Waals surface area contributed by atoms with Gasteiger partial charge in [0, 0.05) is 16.6 Å². The van der Waals surface area contributed by atoms with E-state index >= 15 is 0 Å². The van der Waals surface area contributed by atoms with Crippen molar-refractivity contribution in [3.05, 3.63) is 102 Å². The first kappa shape index (κ1) is 28.5. The van der Waals surface area contributed by atoms with Crippen LogP contribution >= 0.6 is 0 Å². The number of fused-ring (bicyclic) bond motifs is 1. The van der Waals surface area contributed by atoms with E-state index in [0.29, 0.717) is 22.6 Å². The molecule has 2 aromatic heterocycles. The summed E-state index contributed by atoms with van der Waals surface area (Å²) in [7, 11) is 0. The van der Waals surface area contributed by atoms with Crippen LogP contribution < -0.4 is 10.6 Å². The highest BCUT2D eigenvalue weighted by atomic mass is 19.4. The Morgan fingerprint density at radius 2 is 1.71 bits per heavy atom. The minimum absolute atomic E-state index is 0.118. The van der Waals surface area contributed by atoms with Gasteiger partial charge in [-0.1, -0.05) is 35.9 Å². The lowest BCUT2D eigenvalue weighted by Gasteiger charge is -2.07. The van der Waals surface area contributed by atoms with Crippen LogP contribution in [-0.2, 0) is 16.0 Å². The van der Waals surface area contributed by atoms with Gasteiger partial charge < -0.3 is 15.7 Å². The fourth-order valence-corrected chi connectivity index (χ4v) is 3.75. The van der Waals surface area contributed by atoms with Gasteiger partial charge in [0.1, 0.15) is 0 Å². The molecule has 41 heavy (non-hydrogen) atoms. The van der Waals surface area contributed by atoms with Crippen molar-refractivity contribution in [2.75, 3.05) is 10.6 Å². The maximum absolute atomic E-state index is 12.8. The van der Waals surface area contributed by atoms with E-state index in [4.69, 9.17) is 9.90 Å². The zero-order valence-electron chi connectivity index (χ0n) is 21.4. The first-order valence-corrected chi connectivity index (χ1v) is 12.0. The van der Waals surface area contributed by atoms with Crippen LogP contribution in [0.25, 0.3) is 16.6 Å². The summed E-state index contributed by atoms with van der Waals surface area (Å²) < 4.78 is 33.4. The monoisotopic (exact) mass is 564 g/mol. The lowest BCUT2D eigenvalue weighted by Crippen LogP contribution is -2.21. The Morgan fingerprint density at radius 3 is 2.44 bits per heavy atom. The van der Waals surface area contributed by atoms with Gasteiger partial charge in [-0.05, 0) is 48.9 Å². The second-order valence-corrected chi connectivity index (χ2v) is 8.87. The number of halogens is 3. The number of rotatable bonds is 6. The molecule has 0 fully saturated rings. The number of amides is 2. The number of anilines is 2. The molecule has 0 saturated heterocycles. The number of nitrogens with zero attached hydrogens (tertiary/aromatic N) is 3. The number of carboxylic acids is 1. The molecule has 0 unspecified atom stereocenters. The van der Waals surface area contributed by atoms with Crippen molar-refractivity contribution in [3.8, 4) is 5.69 Å². The van der Waals surface area contributed by atoms with Gasteiger partial charge in [0.15, 0.2) is 0 Å². The summed E-state index contributed by atoms with van der Waals surface area (Å²) in [6.45, 7) is 2.00. The second-order valence-electron chi connectivity index (χ2n) is 8.87. The van der Waals surface area contributed by atoms with Gasteiger partial charge in [0.2, 0.25) is 5.91 Å². The van der Waals surface area contributed by atoms with E-state index in [1.165, 1.54) is 0 Å². The van der Waals surface area contributed by atoms with Crippen LogP contribution in [0, 0.1) is 6.92 Å². The van der Waals surface area contributed by atoms with Crippen LogP contribution in [0.1, 0.15) is 21.5 Å². The lowest BCUT2D eigenvalue weighted by atomic mass is 10.1. The largest absolute Gasteiger partial charge is 0.490 e. The molecular weight excluding hydrogens is 541 g/mol. The van der Waals surface area contributed by atoms with Gasteiger partial charge in [-0.15, -0.1) is 0 Å². The van der Waals surface area contributed by atoms with E-state index < -0.39 is 12.1 Å². The Hall–Kier alpha value is -5.46. The van der Waals surface area contributed by atoms with Gasteiger partial charge in [-0.2, -0.15) is 23.4 Å². The van der Waals surface area contributed by atoms with Crippen molar-refractivity contribution in [3.63, 3.8) is 0 Å². The number of aryl methyl sites for hydroxylation is 1. The third-order valence-corrected chi connectivity index (χ3v) is 5.63. The molecule has 0 spiro atoms. The van der Waals surface area contributed by atoms with Crippen LogP contribution in [0.3, 0.4) is 0 Å². The summed E-state index contributed by atoms with van der Waals surface area (Å²) >= 11 is 0. The Morgan fingerprint density at radius 1 is 0.951 bits per heavy atom. The molecule has 210 valence electrons. The second kappa shape index (κ2) is 12.2. The minimum atomic E-state index is -5.08. The Bertz CT molecular complexity index is 1710. The van der Waals surface area contributed by atoms with Crippen LogP contribution in [0.4, 0.5) is 24.5 Å². The summed E-state index contributed by atoms with van der Waals surface area (Å²) in [6, 6.07) is 20.5. The lowest BCUT2D eigenvalue weighted by molar-refractivity contribution is -0.192. The maximum atomic E-state index is 12.8. The minimum Gasteiger partial charge on any atom is -0.475 e. The predicted molar refractivity (Wildman–Crippen MR) is 145 cm³/mol. The van der Waals surface area contributed by atoms with E-state index in [2.05, 4.69) is 25.9 Å². The fourth-order valence-electron chi connectivity index (χ4n) is 3.75. The van der Waals surface area contributed by atoms with Gasteiger partial charge in [-0.3, -0.25) is 14.7 Å².